The molecule has 1 rings (SSSR count). The second-order valence-electron chi connectivity index (χ2n) is 7.85. The summed E-state index contributed by atoms with van der Waals surface area (Å²) in [5.41, 5.74) is 0. The van der Waals surface area contributed by atoms with Crippen LogP contribution in [0.2, 0.25) is 0 Å². The molecule has 2 N–H and O–H groups in total. The van der Waals surface area contributed by atoms with Gasteiger partial charge in [0.2, 0.25) is 23.6 Å². The van der Waals surface area contributed by atoms with Gasteiger partial charge in [-0.1, -0.05) is 40.2 Å². The van der Waals surface area contributed by atoms with Crippen LogP contribution in [0.5, 0.6) is 0 Å². The van der Waals surface area contributed by atoms with E-state index in [2.05, 4.69) is 17.2 Å². The molecule has 0 aromatic rings. The Kier molecular flexibility index (Phi) is 9.90. The van der Waals surface area contributed by atoms with Gasteiger partial charge >= 0.3 is 0 Å². The normalized spacial score (nSPS) is 18.9. The van der Waals surface area contributed by atoms with Gasteiger partial charge in [0.05, 0.1) is 0 Å². The summed E-state index contributed by atoms with van der Waals surface area (Å²) < 4.78 is 0. The van der Waals surface area contributed by atoms with E-state index in [0.29, 0.717) is 32.2 Å². The van der Waals surface area contributed by atoms with Crippen LogP contribution < -0.4 is 10.6 Å². The summed E-state index contributed by atoms with van der Waals surface area (Å²) in [5, 5.41) is 5.70. The number of amides is 4. The molecule has 1 unspecified atom stereocenters. The highest BCUT2D eigenvalue weighted by Crippen LogP contribution is 2.19. The molecule has 1 aliphatic heterocycles. The molecular formula is C21H35N3O4. The Bertz CT molecular complexity index is 588. The Hall–Kier alpha value is -2.18. The van der Waals surface area contributed by atoms with Crippen molar-refractivity contribution in [3.05, 3.63) is 12.7 Å². The third-order valence-corrected chi connectivity index (χ3v) is 5.07. The van der Waals surface area contributed by atoms with E-state index in [1.807, 2.05) is 20.8 Å². The van der Waals surface area contributed by atoms with Crippen molar-refractivity contribution in [1.29, 1.82) is 0 Å². The minimum atomic E-state index is -0.581. The lowest BCUT2D eigenvalue weighted by Gasteiger charge is -2.24. The minimum absolute atomic E-state index is 0.0274. The first-order chi connectivity index (χ1) is 13.2. The van der Waals surface area contributed by atoms with Crippen molar-refractivity contribution in [3.63, 3.8) is 0 Å². The van der Waals surface area contributed by atoms with Crippen molar-refractivity contribution >= 4 is 23.6 Å². The lowest BCUT2D eigenvalue weighted by molar-refractivity contribution is -0.139. The number of imide groups is 1. The van der Waals surface area contributed by atoms with E-state index in [-0.39, 0.29) is 41.5 Å². The lowest BCUT2D eigenvalue weighted by atomic mass is 10.0. The molecule has 0 spiro atoms. The number of rotatable bonds is 12. The number of hydrogen-bond acceptors (Lipinski definition) is 4. The van der Waals surface area contributed by atoms with Gasteiger partial charge in [-0.05, 0) is 25.2 Å². The third kappa shape index (κ3) is 7.09. The van der Waals surface area contributed by atoms with Gasteiger partial charge in [-0.25, -0.2) is 0 Å². The quantitative estimate of drug-likeness (QED) is 0.302. The average Bonchev–Trinajstić information content (AvgIpc) is 2.89. The van der Waals surface area contributed by atoms with E-state index in [1.165, 1.54) is 4.90 Å². The highest BCUT2D eigenvalue weighted by atomic mass is 16.2. The maximum absolute atomic E-state index is 12.4. The summed E-state index contributed by atoms with van der Waals surface area (Å²) >= 11 is 0. The molecule has 4 amide bonds. The zero-order valence-corrected chi connectivity index (χ0v) is 17.6. The minimum Gasteiger partial charge on any atom is -0.348 e. The molecular weight excluding hydrogens is 358 g/mol. The van der Waals surface area contributed by atoms with Crippen LogP contribution in [-0.2, 0) is 19.2 Å². The van der Waals surface area contributed by atoms with Crippen molar-refractivity contribution in [3.8, 4) is 0 Å². The molecule has 1 aliphatic rings. The number of unbranched alkanes of at least 4 members (excludes halogenated alkanes) is 2. The van der Waals surface area contributed by atoms with Crippen LogP contribution in [0.15, 0.2) is 12.7 Å². The van der Waals surface area contributed by atoms with Crippen LogP contribution in [0.3, 0.4) is 0 Å². The fourth-order valence-electron chi connectivity index (χ4n) is 3.20. The van der Waals surface area contributed by atoms with Crippen molar-refractivity contribution in [2.45, 2.75) is 78.3 Å². The standard InChI is InChI=1S/C21H35N3O4/c1-6-16(7-2)22-20(27)19(14(3)4)23-17(25)11-9-8-10-12-24-18(26)13-15(5)21(24)28/h6,14-16,19H,1,7-13H2,2-5H3,(H,22,27)(H,23,25)/t15?,16-,19+/m1/s1. The van der Waals surface area contributed by atoms with Crippen molar-refractivity contribution in [2.75, 3.05) is 6.54 Å². The monoisotopic (exact) mass is 393 g/mol. The van der Waals surface area contributed by atoms with Crippen LogP contribution in [0, 0.1) is 11.8 Å². The molecule has 0 aromatic heterocycles. The van der Waals surface area contributed by atoms with Gasteiger partial charge in [0.15, 0.2) is 0 Å². The fourth-order valence-corrected chi connectivity index (χ4v) is 3.20. The van der Waals surface area contributed by atoms with Crippen molar-refractivity contribution in [1.82, 2.24) is 15.5 Å². The number of nitrogens with zero attached hydrogens (tertiary/aromatic N) is 1. The van der Waals surface area contributed by atoms with E-state index < -0.39 is 6.04 Å². The first kappa shape index (κ1) is 23.9. The van der Waals surface area contributed by atoms with Crippen LogP contribution >= 0.6 is 0 Å². The zero-order valence-electron chi connectivity index (χ0n) is 17.6. The maximum atomic E-state index is 12.4. The van der Waals surface area contributed by atoms with Gasteiger partial charge < -0.3 is 10.6 Å². The average molecular weight is 394 g/mol. The second-order valence-corrected chi connectivity index (χ2v) is 7.85. The molecule has 0 aromatic carbocycles. The number of hydrogen-bond donors (Lipinski definition) is 2. The van der Waals surface area contributed by atoms with Crippen molar-refractivity contribution < 1.29 is 19.2 Å². The highest BCUT2D eigenvalue weighted by Gasteiger charge is 2.34. The summed E-state index contributed by atoms with van der Waals surface area (Å²) in [5.74, 6) is -0.812. The van der Waals surface area contributed by atoms with Gasteiger partial charge in [0.1, 0.15) is 6.04 Å². The topological polar surface area (TPSA) is 95.6 Å². The number of carbonyl (C=O) groups excluding carboxylic acids is 4. The van der Waals surface area contributed by atoms with E-state index in [4.69, 9.17) is 0 Å². The Morgan fingerprint density at radius 3 is 2.39 bits per heavy atom. The number of nitrogens with one attached hydrogen (secondary N) is 2. The van der Waals surface area contributed by atoms with Crippen LogP contribution in [0.4, 0.5) is 0 Å². The summed E-state index contributed by atoms with van der Waals surface area (Å²) in [6.07, 6.45) is 5.11. The molecule has 1 saturated heterocycles. The molecule has 28 heavy (non-hydrogen) atoms. The summed E-state index contributed by atoms with van der Waals surface area (Å²) in [6, 6.07) is -0.688. The van der Waals surface area contributed by atoms with Crippen LogP contribution in [0.25, 0.3) is 0 Å². The van der Waals surface area contributed by atoms with E-state index in [0.717, 1.165) is 12.8 Å². The van der Waals surface area contributed by atoms with E-state index in [1.54, 1.807) is 13.0 Å². The van der Waals surface area contributed by atoms with E-state index >= 15 is 0 Å². The summed E-state index contributed by atoms with van der Waals surface area (Å²) in [4.78, 5) is 49.6. The molecule has 0 saturated carbocycles. The smallest absolute Gasteiger partial charge is 0.243 e. The van der Waals surface area contributed by atoms with Gasteiger partial charge in [0.25, 0.3) is 0 Å². The molecule has 0 bridgehead atoms. The first-order valence-corrected chi connectivity index (χ1v) is 10.3. The second kappa shape index (κ2) is 11.6. The molecule has 7 heteroatoms. The van der Waals surface area contributed by atoms with Gasteiger partial charge in [-0.15, -0.1) is 6.58 Å². The Balaban J connectivity index is 2.35. The SMILES string of the molecule is C=C[C@H](CC)NC(=O)[C@@H](NC(=O)CCCCCN1C(=O)CC(C)C1=O)C(C)C. The van der Waals surface area contributed by atoms with Gasteiger partial charge in [-0.3, -0.25) is 24.1 Å². The van der Waals surface area contributed by atoms with Crippen molar-refractivity contribution in [2.24, 2.45) is 11.8 Å². The molecule has 158 valence electrons. The zero-order chi connectivity index (χ0) is 21.3. The lowest BCUT2D eigenvalue weighted by Crippen LogP contribution is -2.51. The molecule has 7 nitrogen and oxygen atoms in total. The molecule has 1 heterocycles. The Labute approximate surface area is 168 Å². The number of carbonyl (C=O) groups is 4. The van der Waals surface area contributed by atoms with Gasteiger partial charge in [-0.2, -0.15) is 0 Å². The fraction of sp³-hybridized carbons (Fsp3) is 0.714. The molecule has 0 aliphatic carbocycles. The maximum Gasteiger partial charge on any atom is 0.243 e. The Morgan fingerprint density at radius 2 is 1.89 bits per heavy atom. The first-order valence-electron chi connectivity index (χ1n) is 10.3. The largest absolute Gasteiger partial charge is 0.348 e. The highest BCUT2D eigenvalue weighted by molar-refractivity contribution is 6.03. The van der Waals surface area contributed by atoms with Gasteiger partial charge in [0, 0.05) is 31.3 Å². The van der Waals surface area contributed by atoms with E-state index in [9.17, 15) is 19.2 Å². The molecule has 1 fully saturated rings. The summed E-state index contributed by atoms with van der Waals surface area (Å²) in [7, 11) is 0. The third-order valence-electron chi connectivity index (χ3n) is 5.07. The number of likely N-dealkylation sites (tertiary alicyclic amines) is 1. The molecule has 0 radical (unpaired) electrons. The Morgan fingerprint density at radius 1 is 1.21 bits per heavy atom. The molecule has 3 atom stereocenters. The van der Waals surface area contributed by atoms with Crippen LogP contribution in [0.1, 0.15) is 66.2 Å². The predicted octanol–water partition coefficient (Wildman–Crippen LogP) is 2.16. The summed E-state index contributed by atoms with van der Waals surface area (Å²) in [6.45, 7) is 11.6. The predicted molar refractivity (Wildman–Crippen MR) is 108 cm³/mol. The van der Waals surface area contributed by atoms with Crippen LogP contribution in [-0.4, -0.2) is 47.2 Å².